The average Bonchev–Trinajstić information content (AvgIpc) is 3.09. The first-order chi connectivity index (χ1) is 11.6. The van der Waals surface area contributed by atoms with E-state index in [4.69, 9.17) is 0 Å². The van der Waals surface area contributed by atoms with Gasteiger partial charge in [0.15, 0.2) is 6.34 Å². The topological polar surface area (TPSA) is 53.4 Å². The van der Waals surface area contributed by atoms with Gasteiger partial charge in [0, 0.05) is 22.6 Å². The summed E-state index contributed by atoms with van der Waals surface area (Å²) in [4.78, 5) is 8.61. The number of rotatable bonds is 6. The Morgan fingerprint density at radius 3 is 3.00 bits per heavy atom. The van der Waals surface area contributed by atoms with Gasteiger partial charge < -0.3 is 0 Å². The number of aromatic nitrogens is 2. The first-order valence-corrected chi connectivity index (χ1v) is 9.72. The zero-order chi connectivity index (χ0) is 16.9. The molecule has 2 heterocycles. The lowest BCUT2D eigenvalue weighted by atomic mass is 10.1. The minimum atomic E-state index is -0.0376. The summed E-state index contributed by atoms with van der Waals surface area (Å²) in [5, 5.41) is 4.40. The Bertz CT molecular complexity index is 726. The minimum absolute atomic E-state index is 0.0376. The van der Waals surface area contributed by atoms with E-state index in [9.17, 15) is 4.48 Å². The van der Waals surface area contributed by atoms with Crippen LogP contribution in [0.5, 0.6) is 0 Å². The van der Waals surface area contributed by atoms with Crippen molar-refractivity contribution in [3.05, 3.63) is 28.9 Å². The number of nitrogens with zero attached hydrogens (tertiary/aromatic N) is 4. The highest BCUT2D eigenvalue weighted by Gasteiger charge is 2.21. The maximum atomic E-state index is 13.9. The highest BCUT2D eigenvalue weighted by atomic mass is 79.9. The largest absolute Gasteiger partial charge is 0.295 e. The molecule has 3 rings (SSSR count). The Morgan fingerprint density at radius 2 is 2.21 bits per heavy atom. The maximum Gasteiger partial charge on any atom is 0.154 e. The molecule has 1 N–H and O–H groups in total. The molecule has 1 unspecified atom stereocenters. The van der Waals surface area contributed by atoms with Crippen molar-refractivity contribution >= 4 is 57.9 Å². The van der Waals surface area contributed by atoms with E-state index in [2.05, 4.69) is 49.1 Å². The van der Waals surface area contributed by atoms with Gasteiger partial charge >= 0.3 is 0 Å². The Kier molecular flexibility index (Phi) is 6.18. The molecule has 2 aromatic rings. The summed E-state index contributed by atoms with van der Waals surface area (Å²) in [5.74, 6) is 0.499. The molecule has 0 aliphatic heterocycles. The SMILES string of the molecule is FN(/C=N/NC(S)C1CCCC1)Sc1ccc2ncc(Br)cc2n1. The van der Waals surface area contributed by atoms with Crippen LogP contribution >= 0.6 is 40.5 Å². The van der Waals surface area contributed by atoms with E-state index in [-0.39, 0.29) is 5.37 Å². The molecule has 0 bridgehead atoms. The van der Waals surface area contributed by atoms with Crippen LogP contribution in [0.3, 0.4) is 0 Å². The molecule has 0 saturated heterocycles. The van der Waals surface area contributed by atoms with Gasteiger partial charge in [-0.1, -0.05) is 17.3 Å². The van der Waals surface area contributed by atoms with Gasteiger partial charge in [-0.3, -0.25) is 10.4 Å². The van der Waals surface area contributed by atoms with Gasteiger partial charge in [-0.25, -0.2) is 4.98 Å². The Labute approximate surface area is 158 Å². The van der Waals surface area contributed by atoms with Crippen molar-refractivity contribution in [1.29, 1.82) is 0 Å². The molecular formula is C15H17BrFN5S2. The molecule has 0 spiro atoms. The van der Waals surface area contributed by atoms with Crippen molar-refractivity contribution in [2.75, 3.05) is 0 Å². The third-order valence-electron chi connectivity index (χ3n) is 3.86. The quantitative estimate of drug-likeness (QED) is 0.134. The van der Waals surface area contributed by atoms with Crippen LogP contribution in [-0.4, -0.2) is 26.2 Å². The molecule has 0 radical (unpaired) electrons. The van der Waals surface area contributed by atoms with Crippen LogP contribution < -0.4 is 5.43 Å². The van der Waals surface area contributed by atoms with Gasteiger partial charge in [-0.15, -0.1) is 4.53 Å². The number of thiol groups is 1. The van der Waals surface area contributed by atoms with Crippen molar-refractivity contribution in [1.82, 2.24) is 19.9 Å². The molecule has 1 fully saturated rings. The van der Waals surface area contributed by atoms with E-state index in [1.807, 2.05) is 12.1 Å². The summed E-state index contributed by atoms with van der Waals surface area (Å²) >= 11 is 8.68. The predicted molar refractivity (Wildman–Crippen MR) is 102 cm³/mol. The van der Waals surface area contributed by atoms with E-state index in [1.165, 1.54) is 12.8 Å². The van der Waals surface area contributed by atoms with Crippen LogP contribution in [-0.2, 0) is 0 Å². The summed E-state index contributed by atoms with van der Waals surface area (Å²) in [6.07, 6.45) is 7.56. The first-order valence-electron chi connectivity index (χ1n) is 7.64. The second kappa shape index (κ2) is 8.35. The van der Waals surface area contributed by atoms with Gasteiger partial charge in [0.1, 0.15) is 5.03 Å². The lowest BCUT2D eigenvalue weighted by Crippen LogP contribution is -2.26. The van der Waals surface area contributed by atoms with Crippen LogP contribution in [0.2, 0.25) is 0 Å². The summed E-state index contributed by atoms with van der Waals surface area (Å²) < 4.78 is 15.2. The number of nitrogens with one attached hydrogen (secondary N) is 1. The van der Waals surface area contributed by atoms with E-state index in [1.54, 1.807) is 12.3 Å². The molecule has 2 aromatic heterocycles. The number of hydrogen-bond donors (Lipinski definition) is 2. The average molecular weight is 430 g/mol. The fourth-order valence-electron chi connectivity index (χ4n) is 2.66. The lowest BCUT2D eigenvalue weighted by molar-refractivity contribution is 0.270. The van der Waals surface area contributed by atoms with Gasteiger partial charge in [-0.2, -0.15) is 17.7 Å². The lowest BCUT2D eigenvalue weighted by Gasteiger charge is -2.17. The third kappa shape index (κ3) is 4.73. The van der Waals surface area contributed by atoms with Gasteiger partial charge in [0.2, 0.25) is 0 Å². The first kappa shape index (κ1) is 17.8. The van der Waals surface area contributed by atoms with Gasteiger partial charge in [0.05, 0.1) is 16.4 Å². The molecule has 0 amide bonds. The third-order valence-corrected chi connectivity index (χ3v) is 5.51. The molecule has 9 heteroatoms. The van der Waals surface area contributed by atoms with Crippen LogP contribution in [0.4, 0.5) is 4.48 Å². The summed E-state index contributed by atoms with van der Waals surface area (Å²) in [5.41, 5.74) is 4.35. The number of pyridine rings is 2. The fourth-order valence-corrected chi connectivity index (χ4v) is 3.89. The highest BCUT2D eigenvalue weighted by Crippen LogP contribution is 2.29. The van der Waals surface area contributed by atoms with E-state index >= 15 is 0 Å². The number of halogens is 2. The van der Waals surface area contributed by atoms with E-state index in [0.717, 1.165) is 41.1 Å². The Morgan fingerprint density at radius 1 is 1.42 bits per heavy atom. The second-order valence-electron chi connectivity index (χ2n) is 5.57. The molecule has 128 valence electrons. The van der Waals surface area contributed by atoms with Crippen molar-refractivity contribution in [2.24, 2.45) is 11.0 Å². The van der Waals surface area contributed by atoms with Crippen molar-refractivity contribution in [3.63, 3.8) is 0 Å². The predicted octanol–water partition coefficient (Wildman–Crippen LogP) is 4.56. The summed E-state index contributed by atoms with van der Waals surface area (Å²) in [7, 11) is 0. The zero-order valence-electron chi connectivity index (χ0n) is 12.8. The smallest absolute Gasteiger partial charge is 0.154 e. The Hall–Kier alpha value is -1.06. The standard InChI is InChI=1S/C15H17BrFN5S2/c16-11-7-13-12(18-8-11)5-6-14(20-13)24-22(17)9-19-21-15(23)10-3-1-2-4-10/h5-10,15,21,23H,1-4H2/b19-9+. The Balaban J connectivity index is 1.55. The van der Waals surface area contributed by atoms with Crippen molar-refractivity contribution in [3.8, 4) is 0 Å². The molecule has 1 aliphatic rings. The van der Waals surface area contributed by atoms with Crippen LogP contribution in [0, 0.1) is 5.92 Å². The van der Waals surface area contributed by atoms with Crippen molar-refractivity contribution in [2.45, 2.75) is 36.1 Å². The minimum Gasteiger partial charge on any atom is -0.295 e. The molecule has 24 heavy (non-hydrogen) atoms. The van der Waals surface area contributed by atoms with E-state index < -0.39 is 0 Å². The summed E-state index contributed by atoms with van der Waals surface area (Å²) in [6, 6.07) is 5.38. The molecule has 0 aromatic carbocycles. The highest BCUT2D eigenvalue weighted by molar-refractivity contribution is 9.10. The van der Waals surface area contributed by atoms with Crippen molar-refractivity contribution < 1.29 is 4.48 Å². The number of hydrogen-bond acceptors (Lipinski definition) is 6. The molecule has 1 saturated carbocycles. The van der Waals surface area contributed by atoms with E-state index in [0.29, 0.717) is 21.0 Å². The van der Waals surface area contributed by atoms with Crippen LogP contribution in [0.15, 0.2) is 39.0 Å². The molecule has 5 nitrogen and oxygen atoms in total. The molecule has 1 aliphatic carbocycles. The number of fused-ring (bicyclic) bond motifs is 1. The molecular weight excluding hydrogens is 413 g/mol. The molecule has 1 atom stereocenters. The zero-order valence-corrected chi connectivity index (χ0v) is 16.1. The number of hydrazone groups is 1. The van der Waals surface area contributed by atoms with Crippen LogP contribution in [0.1, 0.15) is 25.7 Å². The normalized spacial score (nSPS) is 16.8. The monoisotopic (exact) mass is 429 g/mol. The van der Waals surface area contributed by atoms with Gasteiger partial charge in [-0.05, 0) is 52.9 Å². The maximum absolute atomic E-state index is 13.9. The summed E-state index contributed by atoms with van der Waals surface area (Å²) in [6.45, 7) is 0. The second-order valence-corrected chi connectivity index (χ2v) is 7.99. The van der Waals surface area contributed by atoms with Crippen LogP contribution in [0.25, 0.3) is 11.0 Å². The van der Waals surface area contributed by atoms with Gasteiger partial charge in [0.25, 0.3) is 0 Å². The fraction of sp³-hybridized carbons (Fsp3) is 0.400.